The summed E-state index contributed by atoms with van der Waals surface area (Å²) in [6, 6.07) is 3.67. The average molecular weight is 346 g/mol. The second-order valence-electron chi connectivity index (χ2n) is 5.40. The minimum Gasteiger partial charge on any atom is -0.341 e. The molecule has 0 aliphatic rings. The molecule has 0 spiro atoms. The Morgan fingerprint density at radius 3 is 2.78 bits per heavy atom. The van der Waals surface area contributed by atoms with Gasteiger partial charge in [0.2, 0.25) is 0 Å². The van der Waals surface area contributed by atoms with E-state index in [0.717, 1.165) is 17.1 Å². The van der Waals surface area contributed by atoms with Gasteiger partial charge in [-0.2, -0.15) is 16.4 Å². The maximum atomic E-state index is 12.5. The second kappa shape index (κ2) is 6.64. The molecule has 0 aliphatic heterocycles. The van der Waals surface area contributed by atoms with Gasteiger partial charge >= 0.3 is 0 Å². The molecule has 3 heterocycles. The van der Waals surface area contributed by atoms with E-state index in [2.05, 4.69) is 33.8 Å². The van der Waals surface area contributed by atoms with E-state index in [0.29, 0.717) is 5.69 Å². The topological polar surface area (TPSA) is 59.8 Å². The summed E-state index contributed by atoms with van der Waals surface area (Å²) in [7, 11) is 1.76. The number of nitrogens with zero attached hydrogens (tertiary/aromatic N) is 3. The average Bonchev–Trinajstić information content (AvgIpc) is 3.22. The first-order chi connectivity index (χ1) is 11.0. The zero-order chi connectivity index (χ0) is 16.4. The van der Waals surface area contributed by atoms with Crippen LogP contribution in [0.2, 0.25) is 0 Å². The molecule has 3 aromatic rings. The van der Waals surface area contributed by atoms with Crippen LogP contribution in [0.1, 0.15) is 37.7 Å². The molecule has 1 N–H and O–H groups in total. The number of rotatable bonds is 5. The Morgan fingerprint density at radius 1 is 1.39 bits per heavy atom. The van der Waals surface area contributed by atoms with Crippen LogP contribution < -0.4 is 5.32 Å². The lowest BCUT2D eigenvalue weighted by Crippen LogP contribution is -2.31. The van der Waals surface area contributed by atoms with Crippen LogP contribution in [0.3, 0.4) is 0 Å². The van der Waals surface area contributed by atoms with Crippen LogP contribution in [0.25, 0.3) is 0 Å². The van der Waals surface area contributed by atoms with Gasteiger partial charge in [0.1, 0.15) is 10.7 Å². The zero-order valence-electron chi connectivity index (χ0n) is 13.2. The van der Waals surface area contributed by atoms with Crippen LogP contribution in [0.15, 0.2) is 29.1 Å². The van der Waals surface area contributed by atoms with Crippen molar-refractivity contribution in [3.05, 3.63) is 55.9 Å². The smallest absolute Gasteiger partial charge is 0.270 e. The molecule has 1 amide bonds. The van der Waals surface area contributed by atoms with Gasteiger partial charge in [0.05, 0.1) is 11.7 Å². The van der Waals surface area contributed by atoms with Crippen molar-refractivity contribution in [1.82, 2.24) is 20.1 Å². The van der Waals surface area contributed by atoms with Crippen LogP contribution in [-0.4, -0.2) is 20.7 Å². The van der Waals surface area contributed by atoms with E-state index >= 15 is 0 Å². The quantitative estimate of drug-likeness (QED) is 0.771. The molecule has 0 fully saturated rings. The molecule has 5 nitrogen and oxygen atoms in total. The largest absolute Gasteiger partial charge is 0.341 e. The molecular formula is C16H18N4OS2. The number of carbonyl (C=O) groups excluding carboxylic acids is 1. The summed E-state index contributed by atoms with van der Waals surface area (Å²) in [5.74, 6) is -0.129. The van der Waals surface area contributed by atoms with Gasteiger partial charge in [-0.3, -0.25) is 9.48 Å². The number of thiazole rings is 1. The van der Waals surface area contributed by atoms with Crippen molar-refractivity contribution < 1.29 is 4.79 Å². The van der Waals surface area contributed by atoms with E-state index in [4.69, 9.17) is 0 Å². The highest BCUT2D eigenvalue weighted by molar-refractivity contribution is 7.11. The van der Waals surface area contributed by atoms with E-state index in [1.54, 1.807) is 46.7 Å². The number of nitrogens with one attached hydrogen (secondary N) is 1. The van der Waals surface area contributed by atoms with Gasteiger partial charge in [0, 0.05) is 24.5 Å². The lowest BCUT2D eigenvalue weighted by molar-refractivity contribution is 0.0927. The summed E-state index contributed by atoms with van der Waals surface area (Å²) in [5.41, 5.74) is 2.77. The maximum absolute atomic E-state index is 12.5. The number of hydrogen-bond donors (Lipinski definition) is 1. The van der Waals surface area contributed by atoms with Crippen LogP contribution in [-0.2, 0) is 13.5 Å². The summed E-state index contributed by atoms with van der Waals surface area (Å²) in [6.45, 7) is 4.06. The molecule has 23 heavy (non-hydrogen) atoms. The molecule has 0 radical (unpaired) electrons. The van der Waals surface area contributed by atoms with Crippen molar-refractivity contribution in [1.29, 1.82) is 0 Å². The van der Waals surface area contributed by atoms with E-state index in [1.165, 1.54) is 10.4 Å². The molecule has 0 saturated carbocycles. The lowest BCUT2D eigenvalue weighted by atomic mass is 10.1. The summed E-state index contributed by atoms with van der Waals surface area (Å²) >= 11 is 3.30. The summed E-state index contributed by atoms with van der Waals surface area (Å²) < 4.78 is 1.58. The fourth-order valence-electron chi connectivity index (χ4n) is 2.32. The third-order valence-electron chi connectivity index (χ3n) is 3.72. The van der Waals surface area contributed by atoms with E-state index < -0.39 is 0 Å². The first-order valence-electron chi connectivity index (χ1n) is 7.28. The van der Waals surface area contributed by atoms with Crippen molar-refractivity contribution >= 4 is 28.6 Å². The van der Waals surface area contributed by atoms with Crippen molar-refractivity contribution in [2.75, 3.05) is 0 Å². The predicted octanol–water partition coefficient (Wildman–Crippen LogP) is 3.27. The van der Waals surface area contributed by atoms with E-state index in [-0.39, 0.29) is 11.9 Å². The van der Waals surface area contributed by atoms with Gasteiger partial charge < -0.3 is 5.32 Å². The molecule has 7 heteroatoms. The molecule has 0 bridgehead atoms. The van der Waals surface area contributed by atoms with Crippen LogP contribution in [0.5, 0.6) is 0 Å². The van der Waals surface area contributed by atoms with Gasteiger partial charge in [-0.05, 0) is 42.3 Å². The third kappa shape index (κ3) is 3.51. The Kier molecular flexibility index (Phi) is 4.58. The highest BCUT2D eigenvalue weighted by Gasteiger charge is 2.21. The predicted molar refractivity (Wildman–Crippen MR) is 93.0 cm³/mol. The molecule has 3 aromatic heterocycles. The number of aryl methyl sites for hydroxylation is 3. The molecule has 120 valence electrons. The Morgan fingerprint density at radius 2 is 2.22 bits per heavy atom. The molecule has 3 rings (SSSR count). The minimum absolute atomic E-state index is 0.129. The van der Waals surface area contributed by atoms with Crippen LogP contribution in [0.4, 0.5) is 0 Å². The van der Waals surface area contributed by atoms with Gasteiger partial charge in [-0.15, -0.1) is 11.3 Å². The number of carbonyl (C=O) groups is 1. The molecule has 1 atom stereocenters. The molecular weight excluding hydrogens is 328 g/mol. The Bertz CT molecular complexity index is 785. The Balaban J connectivity index is 1.85. The zero-order valence-corrected chi connectivity index (χ0v) is 14.9. The summed E-state index contributed by atoms with van der Waals surface area (Å²) in [6.07, 6.45) is 2.36. The molecule has 0 aliphatic carbocycles. The lowest BCUT2D eigenvalue weighted by Gasteiger charge is -2.16. The van der Waals surface area contributed by atoms with Gasteiger partial charge in [-0.25, -0.2) is 4.98 Å². The number of thiophene rings is 1. The second-order valence-corrected chi connectivity index (χ2v) is 7.41. The number of hydrogen-bond acceptors (Lipinski definition) is 5. The summed E-state index contributed by atoms with van der Waals surface area (Å²) in [4.78, 5) is 18.4. The fraction of sp³-hybridized carbons (Fsp3) is 0.312. The van der Waals surface area contributed by atoms with Crippen LogP contribution >= 0.6 is 22.7 Å². The van der Waals surface area contributed by atoms with Gasteiger partial charge in [-0.1, -0.05) is 0 Å². The van der Waals surface area contributed by atoms with Crippen LogP contribution in [0, 0.1) is 13.8 Å². The Labute approximate surface area is 143 Å². The van der Waals surface area contributed by atoms with Crippen molar-refractivity contribution in [2.24, 2.45) is 7.05 Å². The normalized spacial score (nSPS) is 12.3. The van der Waals surface area contributed by atoms with Gasteiger partial charge in [0.15, 0.2) is 0 Å². The fourth-order valence-corrected chi connectivity index (χ4v) is 3.98. The van der Waals surface area contributed by atoms with Crippen molar-refractivity contribution in [3.8, 4) is 0 Å². The highest BCUT2D eigenvalue weighted by atomic mass is 32.1. The van der Waals surface area contributed by atoms with Crippen molar-refractivity contribution in [2.45, 2.75) is 26.3 Å². The first kappa shape index (κ1) is 15.9. The molecule has 0 aromatic carbocycles. The number of aromatic nitrogens is 3. The summed E-state index contributed by atoms with van der Waals surface area (Å²) in [5, 5.41) is 12.3. The maximum Gasteiger partial charge on any atom is 0.270 e. The first-order valence-corrected chi connectivity index (χ1v) is 9.04. The SMILES string of the molecule is Cc1nc([C@@H](Cc2ccsc2)NC(=O)c2ccnn2C)sc1C. The highest BCUT2D eigenvalue weighted by Crippen LogP contribution is 2.26. The monoisotopic (exact) mass is 346 g/mol. The molecule has 0 saturated heterocycles. The van der Waals surface area contributed by atoms with Crippen molar-refractivity contribution in [3.63, 3.8) is 0 Å². The molecule has 0 unspecified atom stereocenters. The van der Waals surface area contributed by atoms with E-state index in [9.17, 15) is 4.79 Å². The number of amides is 1. The van der Waals surface area contributed by atoms with Gasteiger partial charge in [0.25, 0.3) is 5.91 Å². The third-order valence-corrected chi connectivity index (χ3v) is 5.64. The van der Waals surface area contributed by atoms with E-state index in [1.807, 2.05) is 12.3 Å². The Hall–Kier alpha value is -1.99. The standard InChI is InChI=1S/C16H18N4OS2/c1-10-11(2)23-16(18-10)13(8-12-5-7-22-9-12)19-15(21)14-4-6-17-20(14)3/h4-7,9,13H,8H2,1-3H3,(H,19,21)/t13-/m1/s1. The minimum atomic E-state index is -0.135.